The smallest absolute Gasteiger partial charge is 0.414 e. The lowest BCUT2D eigenvalue weighted by atomic mass is 9.91. The molecule has 1 heterocycles. The van der Waals surface area contributed by atoms with Crippen molar-refractivity contribution in [3.63, 3.8) is 0 Å². The van der Waals surface area contributed by atoms with Gasteiger partial charge in [0.15, 0.2) is 0 Å². The number of benzene rings is 1. The van der Waals surface area contributed by atoms with E-state index in [2.05, 4.69) is 0 Å². The van der Waals surface area contributed by atoms with Crippen molar-refractivity contribution >= 4 is 23.7 Å². The average molecular weight is 335 g/mol. The van der Waals surface area contributed by atoms with Crippen molar-refractivity contribution in [2.45, 2.75) is 32.2 Å². The van der Waals surface area contributed by atoms with Crippen LogP contribution in [0.2, 0.25) is 0 Å². The van der Waals surface area contributed by atoms with E-state index in [1.807, 2.05) is 0 Å². The number of nitrogens with zero attached hydrogens (tertiary/aromatic N) is 1. The summed E-state index contributed by atoms with van der Waals surface area (Å²) in [6.45, 7) is 3.82. The first-order valence-electron chi connectivity index (χ1n) is 7.83. The van der Waals surface area contributed by atoms with Crippen LogP contribution >= 0.6 is 0 Å². The van der Waals surface area contributed by atoms with Crippen molar-refractivity contribution < 1.29 is 28.6 Å². The predicted octanol–water partition coefficient (Wildman–Crippen LogP) is 2.24. The molecule has 0 saturated carbocycles. The zero-order chi connectivity index (χ0) is 17.7. The van der Waals surface area contributed by atoms with Gasteiger partial charge in [0.25, 0.3) is 0 Å². The fraction of sp³-hybridized carbons (Fsp3) is 0.471. The van der Waals surface area contributed by atoms with Gasteiger partial charge in [0, 0.05) is 5.92 Å². The molecule has 1 aromatic rings. The quantitative estimate of drug-likeness (QED) is 0.606. The SMILES string of the molecule is CCOC(=O)C[C@@H]1c2ccccc2N(C(=O)OC)[C@@H]1C(=O)OCC. The summed E-state index contributed by atoms with van der Waals surface area (Å²) in [5.74, 6) is -1.55. The summed E-state index contributed by atoms with van der Waals surface area (Å²) in [5, 5.41) is 0. The molecule has 0 radical (unpaired) electrons. The van der Waals surface area contributed by atoms with Crippen molar-refractivity contribution in [3.05, 3.63) is 29.8 Å². The number of esters is 2. The van der Waals surface area contributed by atoms with Gasteiger partial charge in [-0.2, -0.15) is 0 Å². The van der Waals surface area contributed by atoms with E-state index in [4.69, 9.17) is 14.2 Å². The largest absolute Gasteiger partial charge is 0.466 e. The molecule has 0 unspecified atom stereocenters. The maximum atomic E-state index is 12.5. The van der Waals surface area contributed by atoms with Gasteiger partial charge in [-0.1, -0.05) is 18.2 Å². The Balaban J connectivity index is 2.45. The van der Waals surface area contributed by atoms with E-state index in [-0.39, 0.29) is 19.6 Å². The lowest BCUT2D eigenvalue weighted by Gasteiger charge is -2.25. The van der Waals surface area contributed by atoms with E-state index in [9.17, 15) is 14.4 Å². The summed E-state index contributed by atoms with van der Waals surface area (Å²) in [5.41, 5.74) is 1.26. The molecule has 0 N–H and O–H groups in total. The topological polar surface area (TPSA) is 82.1 Å². The van der Waals surface area contributed by atoms with Crippen LogP contribution in [0.1, 0.15) is 31.7 Å². The molecule has 0 fully saturated rings. The van der Waals surface area contributed by atoms with E-state index in [0.717, 1.165) is 0 Å². The molecule has 7 nitrogen and oxygen atoms in total. The Morgan fingerprint density at radius 1 is 1.08 bits per heavy atom. The van der Waals surface area contributed by atoms with Crippen molar-refractivity contribution in [3.8, 4) is 0 Å². The summed E-state index contributed by atoms with van der Waals surface area (Å²) in [6.07, 6.45) is -0.700. The Kier molecular flexibility index (Phi) is 5.78. The van der Waals surface area contributed by atoms with Crippen molar-refractivity contribution in [1.82, 2.24) is 0 Å². The second-order valence-corrected chi connectivity index (χ2v) is 5.21. The first-order chi connectivity index (χ1) is 11.5. The minimum atomic E-state index is -0.959. The number of carbonyl (C=O) groups excluding carboxylic acids is 3. The number of anilines is 1. The van der Waals surface area contributed by atoms with Gasteiger partial charge in [0.1, 0.15) is 6.04 Å². The van der Waals surface area contributed by atoms with E-state index >= 15 is 0 Å². The number of hydrogen-bond acceptors (Lipinski definition) is 6. The maximum Gasteiger partial charge on any atom is 0.414 e. The van der Waals surface area contributed by atoms with Crippen LogP contribution in [0.5, 0.6) is 0 Å². The molecule has 0 aromatic heterocycles. The summed E-state index contributed by atoms with van der Waals surface area (Å²) in [7, 11) is 1.24. The molecule has 0 bridgehead atoms. The number of para-hydroxylation sites is 1. The van der Waals surface area contributed by atoms with Gasteiger partial charge in [0.2, 0.25) is 0 Å². The van der Waals surface area contributed by atoms with Crippen molar-refractivity contribution in [1.29, 1.82) is 0 Å². The Morgan fingerprint density at radius 2 is 1.75 bits per heavy atom. The zero-order valence-corrected chi connectivity index (χ0v) is 14.0. The fourth-order valence-electron chi connectivity index (χ4n) is 2.95. The molecular formula is C17H21NO6. The lowest BCUT2D eigenvalue weighted by Crippen LogP contribution is -2.45. The third kappa shape index (κ3) is 3.34. The van der Waals surface area contributed by atoms with Crippen molar-refractivity contribution in [2.75, 3.05) is 25.2 Å². The van der Waals surface area contributed by atoms with Gasteiger partial charge in [-0.15, -0.1) is 0 Å². The number of hydrogen-bond donors (Lipinski definition) is 0. The Hall–Kier alpha value is -2.57. The number of amides is 1. The molecule has 1 aliphatic heterocycles. The Labute approximate surface area is 140 Å². The maximum absolute atomic E-state index is 12.5. The average Bonchev–Trinajstić information content (AvgIpc) is 2.89. The third-order valence-corrected chi connectivity index (χ3v) is 3.85. The molecule has 1 aromatic carbocycles. The lowest BCUT2D eigenvalue weighted by molar-refractivity contribution is -0.146. The predicted molar refractivity (Wildman–Crippen MR) is 85.7 cm³/mol. The molecule has 24 heavy (non-hydrogen) atoms. The second kappa shape index (κ2) is 7.81. The molecule has 2 rings (SSSR count). The number of fused-ring (bicyclic) bond motifs is 1. The third-order valence-electron chi connectivity index (χ3n) is 3.85. The minimum Gasteiger partial charge on any atom is -0.466 e. The molecular weight excluding hydrogens is 314 g/mol. The van der Waals surface area contributed by atoms with Crippen LogP contribution in [0.25, 0.3) is 0 Å². The van der Waals surface area contributed by atoms with Gasteiger partial charge in [0.05, 0.1) is 32.4 Å². The molecule has 0 spiro atoms. The molecule has 0 aliphatic carbocycles. The molecule has 1 amide bonds. The highest BCUT2D eigenvalue weighted by Gasteiger charge is 2.48. The highest BCUT2D eigenvalue weighted by atomic mass is 16.6. The monoisotopic (exact) mass is 335 g/mol. The molecule has 130 valence electrons. The van der Waals surface area contributed by atoms with Crippen molar-refractivity contribution in [2.24, 2.45) is 0 Å². The molecule has 1 aliphatic rings. The van der Waals surface area contributed by atoms with Crippen LogP contribution in [-0.2, 0) is 23.8 Å². The molecule has 2 atom stereocenters. The van der Waals surface area contributed by atoms with Gasteiger partial charge in [-0.25, -0.2) is 9.59 Å². The van der Waals surface area contributed by atoms with Crippen LogP contribution in [0, 0.1) is 0 Å². The Morgan fingerprint density at radius 3 is 2.38 bits per heavy atom. The first kappa shape index (κ1) is 17.8. The van der Waals surface area contributed by atoms with E-state index in [1.54, 1.807) is 38.1 Å². The fourth-order valence-corrected chi connectivity index (χ4v) is 2.95. The number of carbonyl (C=O) groups is 3. The van der Waals surface area contributed by atoms with E-state index < -0.39 is 30.0 Å². The van der Waals surface area contributed by atoms with E-state index in [1.165, 1.54) is 12.0 Å². The van der Waals surface area contributed by atoms with Gasteiger partial charge >= 0.3 is 18.0 Å². The molecule has 7 heteroatoms. The summed E-state index contributed by atoms with van der Waals surface area (Å²) in [4.78, 5) is 37.9. The van der Waals surface area contributed by atoms with Gasteiger partial charge < -0.3 is 14.2 Å². The molecule has 0 saturated heterocycles. The summed E-state index contributed by atoms with van der Waals surface area (Å²) >= 11 is 0. The highest BCUT2D eigenvalue weighted by Crippen LogP contribution is 2.43. The van der Waals surface area contributed by atoms with Crippen LogP contribution < -0.4 is 4.90 Å². The zero-order valence-electron chi connectivity index (χ0n) is 14.0. The highest BCUT2D eigenvalue weighted by molar-refractivity contribution is 6.00. The second-order valence-electron chi connectivity index (χ2n) is 5.21. The van der Waals surface area contributed by atoms with Crippen LogP contribution in [0.15, 0.2) is 24.3 Å². The van der Waals surface area contributed by atoms with Gasteiger partial charge in [-0.3, -0.25) is 9.69 Å². The first-order valence-corrected chi connectivity index (χ1v) is 7.83. The van der Waals surface area contributed by atoms with Crippen LogP contribution in [0.4, 0.5) is 10.5 Å². The minimum absolute atomic E-state index is 0.0260. The number of rotatable bonds is 5. The van der Waals surface area contributed by atoms with Crippen LogP contribution in [-0.4, -0.2) is 44.4 Å². The van der Waals surface area contributed by atoms with Gasteiger partial charge in [-0.05, 0) is 25.5 Å². The number of methoxy groups -OCH3 is 1. The summed E-state index contributed by atoms with van der Waals surface area (Å²) < 4.78 is 14.9. The van der Waals surface area contributed by atoms with E-state index in [0.29, 0.717) is 11.3 Å². The number of ether oxygens (including phenoxy) is 3. The Bertz CT molecular complexity index is 629. The normalized spacial score (nSPS) is 18.7. The van der Waals surface area contributed by atoms with Crippen LogP contribution in [0.3, 0.4) is 0 Å². The standard InChI is InChI=1S/C17H21NO6/c1-4-23-14(19)10-12-11-8-6-7-9-13(11)18(17(21)22-3)15(12)16(20)24-5-2/h6-9,12,15H,4-5,10H2,1-3H3/t12-,15+/m1/s1. The summed E-state index contributed by atoms with van der Waals surface area (Å²) in [6, 6.07) is 6.08.